The number of rotatable bonds is 6. The normalized spacial score (nSPS) is 15.8. The van der Waals surface area contributed by atoms with Crippen molar-refractivity contribution >= 4 is 40.3 Å². The van der Waals surface area contributed by atoms with Gasteiger partial charge in [0.25, 0.3) is 5.91 Å². The predicted molar refractivity (Wildman–Crippen MR) is 94.4 cm³/mol. The molecule has 1 amide bonds. The van der Waals surface area contributed by atoms with E-state index in [4.69, 9.17) is 21.7 Å². The molecule has 1 heterocycles. The SMILES string of the molecule is C=CCc1cc(/C=C2\SC(=S)NC2=O)cc(OCC)c1OC. The highest BCUT2D eigenvalue weighted by Gasteiger charge is 2.22. The van der Waals surface area contributed by atoms with Crippen LogP contribution >= 0.6 is 24.0 Å². The van der Waals surface area contributed by atoms with Gasteiger partial charge in [0.1, 0.15) is 4.32 Å². The number of nitrogens with one attached hydrogen (secondary N) is 1. The smallest absolute Gasteiger partial charge is 0.263 e. The molecular formula is C16H17NO3S2. The average Bonchev–Trinajstić information content (AvgIpc) is 2.77. The highest BCUT2D eigenvalue weighted by Crippen LogP contribution is 2.35. The van der Waals surface area contributed by atoms with Crippen LogP contribution in [-0.4, -0.2) is 23.9 Å². The first-order valence-electron chi connectivity index (χ1n) is 6.78. The zero-order chi connectivity index (χ0) is 16.1. The van der Waals surface area contributed by atoms with Gasteiger partial charge in [0.2, 0.25) is 0 Å². The van der Waals surface area contributed by atoms with E-state index < -0.39 is 0 Å². The second-order valence-corrected chi connectivity index (χ2v) is 6.21. The van der Waals surface area contributed by atoms with Crippen molar-refractivity contribution in [3.63, 3.8) is 0 Å². The zero-order valence-corrected chi connectivity index (χ0v) is 14.1. The molecule has 1 saturated heterocycles. The highest BCUT2D eigenvalue weighted by atomic mass is 32.2. The van der Waals surface area contributed by atoms with E-state index in [0.717, 1.165) is 11.1 Å². The van der Waals surface area contributed by atoms with Gasteiger partial charge < -0.3 is 14.8 Å². The lowest BCUT2D eigenvalue weighted by Gasteiger charge is -2.14. The van der Waals surface area contributed by atoms with Gasteiger partial charge in [0.05, 0.1) is 18.6 Å². The summed E-state index contributed by atoms with van der Waals surface area (Å²) in [5.74, 6) is 1.18. The van der Waals surface area contributed by atoms with E-state index in [1.807, 2.05) is 19.1 Å². The van der Waals surface area contributed by atoms with E-state index in [1.54, 1.807) is 19.3 Å². The van der Waals surface area contributed by atoms with Crippen molar-refractivity contribution in [2.75, 3.05) is 13.7 Å². The van der Waals surface area contributed by atoms with Crippen LogP contribution in [0.15, 0.2) is 29.7 Å². The first-order valence-corrected chi connectivity index (χ1v) is 8.01. The summed E-state index contributed by atoms with van der Waals surface area (Å²) in [5, 5.41) is 2.60. The largest absolute Gasteiger partial charge is 0.493 e. The van der Waals surface area contributed by atoms with Crippen LogP contribution in [0.4, 0.5) is 0 Å². The van der Waals surface area contributed by atoms with Crippen LogP contribution in [0.3, 0.4) is 0 Å². The molecule has 116 valence electrons. The molecule has 1 aromatic rings. The maximum Gasteiger partial charge on any atom is 0.263 e. The van der Waals surface area contributed by atoms with Crippen LogP contribution in [0.5, 0.6) is 11.5 Å². The predicted octanol–water partition coefficient (Wildman–Crippen LogP) is 3.31. The second-order valence-electron chi connectivity index (χ2n) is 4.49. The topological polar surface area (TPSA) is 47.6 Å². The number of methoxy groups -OCH3 is 1. The monoisotopic (exact) mass is 335 g/mol. The molecule has 1 aliphatic heterocycles. The molecule has 0 unspecified atom stereocenters. The average molecular weight is 335 g/mol. The van der Waals surface area contributed by atoms with Crippen molar-refractivity contribution < 1.29 is 14.3 Å². The molecule has 0 bridgehead atoms. The van der Waals surface area contributed by atoms with Crippen molar-refractivity contribution in [3.05, 3.63) is 40.8 Å². The summed E-state index contributed by atoms with van der Waals surface area (Å²) >= 11 is 6.25. The Morgan fingerprint density at radius 2 is 2.23 bits per heavy atom. The van der Waals surface area contributed by atoms with Crippen molar-refractivity contribution in [1.82, 2.24) is 5.32 Å². The van der Waals surface area contributed by atoms with Crippen LogP contribution in [0.1, 0.15) is 18.1 Å². The van der Waals surface area contributed by atoms with Gasteiger partial charge in [-0.05, 0) is 37.1 Å². The molecule has 0 spiro atoms. The Labute approximate surface area is 139 Å². The standard InChI is InChI=1S/C16H17NO3S2/c1-4-6-11-7-10(8-12(20-5-2)14(11)19-3)9-13-15(18)17-16(21)22-13/h4,7-9H,1,5-6H2,2-3H3,(H,17,18,21)/b13-9-. The molecule has 0 radical (unpaired) electrons. The Kier molecular flexibility index (Phi) is 5.63. The zero-order valence-electron chi connectivity index (χ0n) is 12.5. The minimum absolute atomic E-state index is 0.172. The van der Waals surface area contributed by atoms with E-state index in [1.165, 1.54) is 11.8 Å². The number of benzene rings is 1. The molecule has 1 N–H and O–H groups in total. The van der Waals surface area contributed by atoms with Gasteiger partial charge in [-0.3, -0.25) is 4.79 Å². The molecule has 1 fully saturated rings. The highest BCUT2D eigenvalue weighted by molar-refractivity contribution is 8.26. The molecule has 0 atom stereocenters. The van der Waals surface area contributed by atoms with E-state index in [2.05, 4.69) is 11.9 Å². The molecule has 22 heavy (non-hydrogen) atoms. The first kappa shape index (κ1) is 16.6. The number of carbonyl (C=O) groups is 1. The van der Waals surface area contributed by atoms with Crippen LogP contribution in [0, 0.1) is 0 Å². The number of thioether (sulfide) groups is 1. The molecule has 1 aromatic carbocycles. The quantitative estimate of drug-likeness (QED) is 0.491. The Hall–Kier alpha value is -1.79. The summed E-state index contributed by atoms with van der Waals surface area (Å²) in [6.07, 6.45) is 4.25. The fourth-order valence-electron chi connectivity index (χ4n) is 2.14. The van der Waals surface area contributed by atoms with Gasteiger partial charge in [0.15, 0.2) is 11.5 Å². The second kappa shape index (κ2) is 7.47. The van der Waals surface area contributed by atoms with Crippen molar-refractivity contribution in [2.24, 2.45) is 0 Å². The summed E-state index contributed by atoms with van der Waals surface area (Å²) in [7, 11) is 1.61. The third-order valence-electron chi connectivity index (χ3n) is 2.96. The fraction of sp³-hybridized carbons (Fsp3) is 0.250. The number of hydrogen-bond acceptors (Lipinski definition) is 5. The molecule has 4 nitrogen and oxygen atoms in total. The number of hydrogen-bond donors (Lipinski definition) is 1. The van der Waals surface area contributed by atoms with E-state index >= 15 is 0 Å². The van der Waals surface area contributed by atoms with E-state index in [-0.39, 0.29) is 5.91 Å². The summed E-state index contributed by atoms with van der Waals surface area (Å²) in [5.41, 5.74) is 1.82. The number of thiocarbonyl (C=S) groups is 1. The molecule has 0 saturated carbocycles. The molecule has 0 aromatic heterocycles. The van der Waals surface area contributed by atoms with Crippen LogP contribution in [-0.2, 0) is 11.2 Å². The van der Waals surface area contributed by atoms with Crippen molar-refractivity contribution in [1.29, 1.82) is 0 Å². The Bertz CT molecular complexity index is 653. The van der Waals surface area contributed by atoms with Gasteiger partial charge in [-0.2, -0.15) is 0 Å². The lowest BCUT2D eigenvalue weighted by atomic mass is 10.0. The number of amides is 1. The number of allylic oxidation sites excluding steroid dienone is 1. The maximum absolute atomic E-state index is 11.8. The minimum Gasteiger partial charge on any atom is -0.493 e. The summed E-state index contributed by atoms with van der Waals surface area (Å²) in [4.78, 5) is 12.3. The Balaban J connectivity index is 2.47. The first-order chi connectivity index (χ1) is 10.6. The Morgan fingerprint density at radius 3 is 2.77 bits per heavy atom. The van der Waals surface area contributed by atoms with Gasteiger partial charge in [-0.1, -0.05) is 30.1 Å². The summed E-state index contributed by atoms with van der Waals surface area (Å²) < 4.78 is 11.6. The van der Waals surface area contributed by atoms with Gasteiger partial charge in [0, 0.05) is 5.56 Å². The number of carbonyl (C=O) groups excluding carboxylic acids is 1. The third kappa shape index (κ3) is 3.69. The molecule has 2 rings (SSSR count). The van der Waals surface area contributed by atoms with Crippen LogP contribution in [0.25, 0.3) is 6.08 Å². The lowest BCUT2D eigenvalue weighted by Crippen LogP contribution is -2.17. The fourth-order valence-corrected chi connectivity index (χ4v) is 3.19. The van der Waals surface area contributed by atoms with Crippen molar-refractivity contribution in [3.8, 4) is 11.5 Å². The summed E-state index contributed by atoms with van der Waals surface area (Å²) in [6.45, 7) is 6.21. The van der Waals surface area contributed by atoms with Gasteiger partial charge in [-0.15, -0.1) is 6.58 Å². The Morgan fingerprint density at radius 1 is 1.45 bits per heavy atom. The van der Waals surface area contributed by atoms with Crippen molar-refractivity contribution in [2.45, 2.75) is 13.3 Å². The lowest BCUT2D eigenvalue weighted by molar-refractivity contribution is -0.115. The van der Waals surface area contributed by atoms with Gasteiger partial charge in [-0.25, -0.2) is 0 Å². The maximum atomic E-state index is 11.8. The molecule has 6 heteroatoms. The van der Waals surface area contributed by atoms with Crippen LogP contribution < -0.4 is 14.8 Å². The third-order valence-corrected chi connectivity index (χ3v) is 4.12. The van der Waals surface area contributed by atoms with Gasteiger partial charge >= 0.3 is 0 Å². The molecule has 0 aliphatic carbocycles. The molecule has 1 aliphatic rings. The number of ether oxygens (including phenoxy) is 2. The van der Waals surface area contributed by atoms with E-state index in [0.29, 0.717) is 33.8 Å². The van der Waals surface area contributed by atoms with Crippen LogP contribution in [0.2, 0.25) is 0 Å². The van der Waals surface area contributed by atoms with E-state index in [9.17, 15) is 4.79 Å². The minimum atomic E-state index is -0.172. The molecular weight excluding hydrogens is 318 g/mol. The summed E-state index contributed by atoms with van der Waals surface area (Å²) in [6, 6.07) is 3.82.